The number of carboxylic acids is 1. The van der Waals surface area contributed by atoms with E-state index >= 15 is 0 Å². The van der Waals surface area contributed by atoms with E-state index in [9.17, 15) is 9.59 Å². The number of carbonyl (C=O) groups is 2. The Morgan fingerprint density at radius 2 is 2.06 bits per heavy atom. The van der Waals surface area contributed by atoms with Crippen LogP contribution in [0.15, 0.2) is 30.5 Å². The molecule has 5 nitrogen and oxygen atoms in total. The van der Waals surface area contributed by atoms with Crippen molar-refractivity contribution in [2.75, 3.05) is 0 Å². The summed E-state index contributed by atoms with van der Waals surface area (Å²) >= 11 is 0. The van der Waals surface area contributed by atoms with Crippen LogP contribution in [0.4, 0.5) is 0 Å². The van der Waals surface area contributed by atoms with Crippen LogP contribution in [0, 0.1) is 0 Å². The monoisotopic (exact) mass is 232 g/mol. The lowest BCUT2D eigenvalue weighted by Gasteiger charge is -2.11. The number of aromatic nitrogens is 1. The highest BCUT2D eigenvalue weighted by atomic mass is 16.4. The van der Waals surface area contributed by atoms with Gasteiger partial charge in [-0.1, -0.05) is 12.2 Å². The fourth-order valence-electron chi connectivity index (χ4n) is 1.69. The topological polar surface area (TPSA) is 79.3 Å². The van der Waals surface area contributed by atoms with Crippen molar-refractivity contribution in [3.63, 3.8) is 0 Å². The maximum atomic E-state index is 11.8. The van der Waals surface area contributed by atoms with E-state index in [-0.39, 0.29) is 17.6 Å². The van der Waals surface area contributed by atoms with Crippen LogP contribution < -0.4 is 5.32 Å². The van der Waals surface area contributed by atoms with Crippen molar-refractivity contribution in [1.82, 2.24) is 10.3 Å². The Bertz CT molecular complexity index is 474. The Kier molecular flexibility index (Phi) is 3.18. The normalized spacial score (nSPS) is 14.8. The van der Waals surface area contributed by atoms with Crippen molar-refractivity contribution in [1.29, 1.82) is 0 Å². The molecular weight excluding hydrogens is 220 g/mol. The summed E-state index contributed by atoms with van der Waals surface area (Å²) in [5.41, 5.74) is 0.200. The predicted molar refractivity (Wildman–Crippen MR) is 60.8 cm³/mol. The third-order valence-corrected chi connectivity index (χ3v) is 2.58. The summed E-state index contributed by atoms with van der Waals surface area (Å²) in [4.78, 5) is 26.2. The number of hydrogen-bond donors (Lipinski definition) is 2. The highest BCUT2D eigenvalue weighted by molar-refractivity contribution is 5.96. The lowest BCUT2D eigenvalue weighted by Crippen LogP contribution is -2.32. The fraction of sp³-hybridized carbons (Fsp3) is 0.250. The molecule has 2 rings (SSSR count). The summed E-state index contributed by atoms with van der Waals surface area (Å²) in [6, 6.07) is 2.90. The summed E-state index contributed by atoms with van der Waals surface area (Å²) in [5.74, 6) is -1.40. The number of rotatable bonds is 3. The molecule has 0 atom stereocenters. The molecule has 1 aliphatic rings. The van der Waals surface area contributed by atoms with Crippen LogP contribution in [0.2, 0.25) is 0 Å². The fourth-order valence-corrected chi connectivity index (χ4v) is 1.69. The summed E-state index contributed by atoms with van der Waals surface area (Å²) < 4.78 is 0. The molecule has 0 fully saturated rings. The van der Waals surface area contributed by atoms with Crippen molar-refractivity contribution < 1.29 is 14.7 Å². The molecular formula is C12H12N2O3. The average molecular weight is 232 g/mol. The van der Waals surface area contributed by atoms with Crippen LogP contribution in [0.25, 0.3) is 0 Å². The maximum absolute atomic E-state index is 11.8. The first-order valence-electron chi connectivity index (χ1n) is 5.32. The molecule has 1 amide bonds. The first-order chi connectivity index (χ1) is 8.16. The second kappa shape index (κ2) is 4.78. The summed E-state index contributed by atoms with van der Waals surface area (Å²) in [6.07, 6.45) is 7.00. The van der Waals surface area contributed by atoms with Crippen molar-refractivity contribution in [3.8, 4) is 0 Å². The van der Waals surface area contributed by atoms with Gasteiger partial charge in [-0.05, 0) is 25.0 Å². The zero-order valence-corrected chi connectivity index (χ0v) is 9.09. The Morgan fingerprint density at radius 1 is 1.35 bits per heavy atom. The third kappa shape index (κ3) is 2.69. The number of carbonyl (C=O) groups excluding carboxylic acids is 1. The van der Waals surface area contributed by atoms with Crippen LogP contribution in [-0.4, -0.2) is 28.0 Å². The number of carboxylic acid groups (broad SMARTS) is 1. The van der Waals surface area contributed by atoms with E-state index < -0.39 is 5.97 Å². The Hall–Kier alpha value is -2.17. The van der Waals surface area contributed by atoms with E-state index in [0.29, 0.717) is 5.56 Å². The number of hydrogen-bond acceptors (Lipinski definition) is 3. The molecule has 0 unspecified atom stereocenters. The molecule has 0 aromatic carbocycles. The molecule has 0 saturated heterocycles. The minimum Gasteiger partial charge on any atom is -0.477 e. The zero-order chi connectivity index (χ0) is 12.3. The smallest absolute Gasteiger partial charge is 0.354 e. The molecule has 1 heterocycles. The summed E-state index contributed by atoms with van der Waals surface area (Å²) in [5, 5.41) is 11.6. The molecule has 0 bridgehead atoms. The molecule has 0 radical (unpaired) electrons. The number of nitrogens with one attached hydrogen (secondary N) is 1. The number of aromatic carboxylic acids is 1. The average Bonchev–Trinajstić information content (AvgIpc) is 2.82. The van der Waals surface area contributed by atoms with Crippen LogP contribution in [-0.2, 0) is 0 Å². The zero-order valence-electron chi connectivity index (χ0n) is 9.09. The summed E-state index contributed by atoms with van der Waals surface area (Å²) in [7, 11) is 0. The molecule has 0 aliphatic heterocycles. The van der Waals surface area contributed by atoms with Crippen molar-refractivity contribution in [2.24, 2.45) is 0 Å². The quantitative estimate of drug-likeness (QED) is 0.768. The van der Waals surface area contributed by atoms with Crippen LogP contribution in [0.5, 0.6) is 0 Å². The van der Waals surface area contributed by atoms with Gasteiger partial charge in [0.1, 0.15) is 5.69 Å². The molecule has 1 aliphatic carbocycles. The van der Waals surface area contributed by atoms with Gasteiger partial charge in [0.25, 0.3) is 5.91 Å². The van der Waals surface area contributed by atoms with Gasteiger partial charge in [0, 0.05) is 17.8 Å². The van der Waals surface area contributed by atoms with E-state index in [1.54, 1.807) is 0 Å². The van der Waals surface area contributed by atoms with Gasteiger partial charge in [0.15, 0.2) is 0 Å². The Labute approximate surface area is 98.2 Å². The minimum atomic E-state index is -1.14. The number of amides is 1. The molecule has 88 valence electrons. The molecule has 1 aromatic rings. The highest BCUT2D eigenvalue weighted by Gasteiger charge is 2.15. The van der Waals surface area contributed by atoms with Crippen LogP contribution >= 0.6 is 0 Å². The minimum absolute atomic E-state index is 0.115. The van der Waals surface area contributed by atoms with Gasteiger partial charge in [0.2, 0.25) is 0 Å². The van der Waals surface area contributed by atoms with Gasteiger partial charge >= 0.3 is 5.97 Å². The number of nitrogens with zero attached hydrogens (tertiary/aromatic N) is 1. The molecule has 0 saturated carbocycles. The lowest BCUT2D eigenvalue weighted by molar-refractivity contribution is 0.0690. The van der Waals surface area contributed by atoms with E-state index in [4.69, 9.17) is 5.11 Å². The first-order valence-corrected chi connectivity index (χ1v) is 5.32. The second-order valence-electron chi connectivity index (χ2n) is 3.85. The van der Waals surface area contributed by atoms with Gasteiger partial charge in [-0.15, -0.1) is 0 Å². The molecule has 5 heteroatoms. The van der Waals surface area contributed by atoms with Gasteiger partial charge in [-0.25, -0.2) is 9.78 Å². The Balaban J connectivity index is 2.08. The van der Waals surface area contributed by atoms with E-state index in [1.165, 1.54) is 18.3 Å². The maximum Gasteiger partial charge on any atom is 0.354 e. The van der Waals surface area contributed by atoms with Crippen molar-refractivity contribution >= 4 is 11.9 Å². The highest BCUT2D eigenvalue weighted by Crippen LogP contribution is 2.10. The van der Waals surface area contributed by atoms with Gasteiger partial charge in [-0.2, -0.15) is 0 Å². The first kappa shape index (κ1) is 11.3. The van der Waals surface area contributed by atoms with Crippen molar-refractivity contribution in [2.45, 2.75) is 18.9 Å². The largest absolute Gasteiger partial charge is 0.477 e. The van der Waals surface area contributed by atoms with Crippen LogP contribution in [0.3, 0.4) is 0 Å². The predicted octanol–water partition coefficient (Wildman–Crippen LogP) is 1.23. The van der Waals surface area contributed by atoms with Gasteiger partial charge in [0.05, 0.1) is 0 Å². The summed E-state index contributed by atoms with van der Waals surface area (Å²) in [6.45, 7) is 0. The van der Waals surface area contributed by atoms with E-state index in [0.717, 1.165) is 12.8 Å². The standard InChI is InChI=1S/C12H12N2O3/c15-11(14-9-3-1-2-4-9)8-5-6-13-10(7-8)12(16)17/h1-2,5-7,9H,3-4H2,(H,14,15)(H,16,17). The molecule has 17 heavy (non-hydrogen) atoms. The SMILES string of the molecule is O=C(NC1CC=CC1)c1ccnc(C(=O)O)c1. The Morgan fingerprint density at radius 3 is 2.71 bits per heavy atom. The molecule has 2 N–H and O–H groups in total. The number of pyridine rings is 1. The van der Waals surface area contributed by atoms with E-state index in [2.05, 4.69) is 10.3 Å². The third-order valence-electron chi connectivity index (χ3n) is 2.58. The lowest BCUT2D eigenvalue weighted by atomic mass is 10.2. The van der Waals surface area contributed by atoms with Crippen molar-refractivity contribution in [3.05, 3.63) is 41.7 Å². The molecule has 1 aromatic heterocycles. The van der Waals surface area contributed by atoms with Gasteiger partial charge in [-0.3, -0.25) is 4.79 Å². The second-order valence-corrected chi connectivity index (χ2v) is 3.85. The molecule has 0 spiro atoms. The van der Waals surface area contributed by atoms with Gasteiger partial charge < -0.3 is 10.4 Å². The van der Waals surface area contributed by atoms with E-state index in [1.807, 2.05) is 12.2 Å². The van der Waals surface area contributed by atoms with Crippen LogP contribution in [0.1, 0.15) is 33.7 Å².